The number of aryl methyl sites for hydroxylation is 2. The number of hydrogen-bond donors (Lipinski definition) is 12. The Morgan fingerprint density at radius 1 is 0.416 bits per heavy atom. The number of fused-ring (bicyclic) bond motifs is 7. The van der Waals surface area contributed by atoms with Gasteiger partial charge in [0.15, 0.2) is 29.1 Å². The second kappa shape index (κ2) is 36.3. The van der Waals surface area contributed by atoms with Gasteiger partial charge in [0.05, 0.1) is 88.3 Å². The minimum atomic E-state index is -1.05. The Kier molecular flexibility index (Phi) is 24.1. The lowest BCUT2D eigenvalue weighted by molar-refractivity contribution is -0.118. The van der Waals surface area contributed by atoms with Gasteiger partial charge in [0.25, 0.3) is 0 Å². The topological polar surface area (TPSA) is 515 Å². The molecule has 10 heterocycles. The lowest BCUT2D eigenvalue weighted by Crippen LogP contribution is -2.31. The number of nitriles is 3. The first-order chi connectivity index (χ1) is 65.6. The molecule has 0 spiro atoms. The summed E-state index contributed by atoms with van der Waals surface area (Å²) in [6, 6.07) is 39.8. The van der Waals surface area contributed by atoms with E-state index in [2.05, 4.69) is 93.5 Å². The summed E-state index contributed by atoms with van der Waals surface area (Å²) in [7, 11) is 0. The fourth-order valence-corrected chi connectivity index (χ4v) is 18.0. The van der Waals surface area contributed by atoms with Gasteiger partial charge in [-0.05, 0) is 269 Å². The zero-order valence-electron chi connectivity index (χ0n) is 75.0. The monoisotopic (exact) mass is 1850 g/mol. The van der Waals surface area contributed by atoms with Crippen LogP contribution in [0.3, 0.4) is 0 Å². The summed E-state index contributed by atoms with van der Waals surface area (Å²) in [6.45, 7) is 17.5. The van der Waals surface area contributed by atoms with Crippen LogP contribution in [-0.2, 0) is 38.4 Å². The van der Waals surface area contributed by atoms with E-state index < -0.39 is 30.0 Å². The largest absolute Gasteiger partial charge is 0.439 e. The van der Waals surface area contributed by atoms with E-state index in [0.29, 0.717) is 119 Å². The molecule has 8 fully saturated rings. The van der Waals surface area contributed by atoms with Crippen LogP contribution in [-0.4, -0.2) is 103 Å². The fourth-order valence-electron chi connectivity index (χ4n) is 18.0. The van der Waals surface area contributed by atoms with E-state index in [9.17, 15) is 51.5 Å². The van der Waals surface area contributed by atoms with E-state index in [-0.39, 0.29) is 125 Å². The molecule has 137 heavy (non-hydrogen) atoms. The number of pyridine rings is 5. The Hall–Kier alpha value is -16.7. The number of hydrogen-bond acceptors (Lipinski definition) is 25. The van der Waals surface area contributed by atoms with Gasteiger partial charge >= 0.3 is 0 Å². The quantitative estimate of drug-likeness (QED) is 0.0424. The fraction of sp³-hybridized carbons (Fsp3) is 0.287. The first-order valence-electron chi connectivity index (χ1n) is 44.8. The second-order valence-electron chi connectivity index (χ2n) is 36.3. The normalized spacial score (nSPS) is 22.3. The molecule has 3 saturated heterocycles. The zero-order chi connectivity index (χ0) is 96.7. The van der Waals surface area contributed by atoms with Crippen LogP contribution in [0.5, 0.6) is 11.5 Å². The SMILES string of the molecule is C=C1Nc2cc(C)c(-c3cc(N)c4cnc(NC(=O)[C@@H]5C[C@H]5C#N)cc4c3)cc2O1.C=C1Nc2cc(C)c(-c3cc(N)c4cnc(NC(=O)[C@H]5C[C@@H]5C#N)cc4c3)cc2O1.C[C@@H]1CCC(=O)N1c1cc(N)c2cnc(NC(=O)[C@@H]3C[C@@H]3F)cc2c1.C[C@@H]1CCC(=O)N1c1cc(N)c2cnc(NC(=O)[C@@H]3C[C@H]3F)cc2c1.C[C@H]1CCC(=O)N1c1cc2cc(NC(=O)[C@@H]3C[C@H]3C#N)ncc2c(N)c1F. The number of amides is 8. The van der Waals surface area contributed by atoms with Crippen molar-refractivity contribution in [3.05, 3.63) is 182 Å². The Balaban J connectivity index is 0.000000114. The molecule has 5 aliphatic carbocycles. The van der Waals surface area contributed by atoms with Crippen molar-refractivity contribution in [1.82, 2.24) is 24.9 Å². The molecule has 36 heteroatoms. The molecule has 7 aromatic carbocycles. The minimum absolute atomic E-state index is 0.0773. The maximum Gasteiger partial charge on any atom is 0.231 e. The third kappa shape index (κ3) is 18.8. The summed E-state index contributed by atoms with van der Waals surface area (Å²) < 4.78 is 52.1. The van der Waals surface area contributed by atoms with Gasteiger partial charge in [0, 0.05) is 129 Å². The third-order valence-electron chi connectivity index (χ3n) is 26.2. The molecule has 5 saturated carbocycles. The van der Waals surface area contributed by atoms with Crippen molar-refractivity contribution in [3.8, 4) is 52.0 Å². The van der Waals surface area contributed by atoms with Crippen LogP contribution in [0, 0.1) is 101 Å². The molecular formula is C101H94F3N23O10. The summed E-state index contributed by atoms with van der Waals surface area (Å²) in [5.41, 5.74) is 42.4. The lowest BCUT2D eigenvalue weighted by Gasteiger charge is -2.23. The number of nitrogens with one attached hydrogen (secondary N) is 7. The highest BCUT2D eigenvalue weighted by Crippen LogP contribution is 2.48. The van der Waals surface area contributed by atoms with E-state index in [1.807, 2.05) is 95.3 Å². The minimum Gasteiger partial charge on any atom is -0.439 e. The molecule has 33 nitrogen and oxygen atoms in total. The number of halogens is 3. The van der Waals surface area contributed by atoms with Gasteiger partial charge < -0.3 is 90.1 Å². The molecule has 0 bridgehead atoms. The molecular weight excluding hydrogens is 1750 g/mol. The molecule has 0 radical (unpaired) electrons. The summed E-state index contributed by atoms with van der Waals surface area (Å²) in [4.78, 5) is 123. The van der Waals surface area contributed by atoms with Crippen LogP contribution in [0.2, 0.25) is 0 Å². The van der Waals surface area contributed by atoms with Crippen LogP contribution in [0.1, 0.15) is 103 Å². The molecule has 22 rings (SSSR count). The predicted octanol–water partition coefficient (Wildman–Crippen LogP) is 16.2. The highest BCUT2D eigenvalue weighted by atomic mass is 19.1. The maximum absolute atomic E-state index is 14.8. The number of carbonyl (C=O) groups is 8. The van der Waals surface area contributed by atoms with Crippen molar-refractivity contribution in [2.24, 2.45) is 47.3 Å². The Morgan fingerprint density at radius 2 is 0.715 bits per heavy atom. The second-order valence-corrected chi connectivity index (χ2v) is 36.3. The van der Waals surface area contributed by atoms with Crippen LogP contribution >= 0.6 is 0 Å². The number of ether oxygens (including phenoxy) is 2. The van der Waals surface area contributed by atoms with Crippen molar-refractivity contribution in [2.45, 2.75) is 136 Å². The number of nitrogens with two attached hydrogens (primary N) is 5. The highest BCUT2D eigenvalue weighted by molar-refractivity contribution is 6.09. The molecule has 0 unspecified atom stereocenters. The number of alkyl halides is 2. The molecule has 5 aliphatic heterocycles. The van der Waals surface area contributed by atoms with E-state index in [1.54, 1.807) is 83.1 Å². The molecule has 17 N–H and O–H groups in total. The maximum atomic E-state index is 14.8. The molecule has 10 aliphatic rings. The van der Waals surface area contributed by atoms with Crippen LogP contribution in [0.25, 0.3) is 76.1 Å². The predicted molar refractivity (Wildman–Crippen MR) is 517 cm³/mol. The van der Waals surface area contributed by atoms with Crippen molar-refractivity contribution >= 4 is 187 Å². The first kappa shape index (κ1) is 90.8. The highest BCUT2D eigenvalue weighted by Gasteiger charge is 2.48. The third-order valence-corrected chi connectivity index (χ3v) is 26.2. The summed E-state index contributed by atoms with van der Waals surface area (Å²) in [6.07, 6.45) is 11.8. The Morgan fingerprint density at radius 3 is 1.02 bits per heavy atom. The number of carbonyl (C=O) groups excluding carboxylic acids is 8. The average Bonchev–Trinajstić information content (AvgIpc) is 1.67. The van der Waals surface area contributed by atoms with Gasteiger partial charge in [-0.15, -0.1) is 0 Å². The van der Waals surface area contributed by atoms with E-state index >= 15 is 0 Å². The van der Waals surface area contributed by atoms with Gasteiger partial charge in [0.2, 0.25) is 47.3 Å². The number of nitrogens with zero attached hydrogens (tertiary/aromatic N) is 11. The first-order valence-corrected chi connectivity index (χ1v) is 44.8. The standard InChI is InChI=1S/2C23H19N5O2.C19H18FN5O2.2C18H19FN4O2/c2*1-11-3-20-21(30-12(2)27-20)8-16(11)13-4-14-7-22(26-10-18(14)19(25)6-13)28-23(29)17-5-15(17)9-24;1-9-2-3-16(26)25(9)14-5-10-6-15(23-8-13(10)18(22)17(14)20)24-19(27)12-4-11(12)7-21;2*1-9-2-3-17(24)23(9)11-4-10-5-16(21-8-13(10)15(20)6-11)22-18(25)12-7-14(12)19/h2*3-4,6-8,10,15,17,27H,2,5,25H2,1H3,(H,26,28,29);5-6,8-9,11-12H,2-4,22H2,1H3,(H,23,24,27);2*4-6,8-9,12,14H,2-3,7,20H2,1H3,(H,21,22,25)/t2*15-,17+;9-,11-,12+;9-,12-,14+;9-,12-,14-/m10011/s1. The van der Waals surface area contributed by atoms with Gasteiger partial charge in [-0.25, -0.2) is 38.1 Å². The molecule has 13 atom stereocenters. The lowest BCUT2D eigenvalue weighted by atomic mass is 9.96. The van der Waals surface area contributed by atoms with Crippen molar-refractivity contribution < 1.29 is 61.0 Å². The van der Waals surface area contributed by atoms with Crippen molar-refractivity contribution in [2.75, 3.05) is 80.6 Å². The van der Waals surface area contributed by atoms with E-state index in [0.717, 1.165) is 124 Å². The van der Waals surface area contributed by atoms with Gasteiger partial charge in [0.1, 0.15) is 41.4 Å². The van der Waals surface area contributed by atoms with Gasteiger partial charge in [-0.3, -0.25) is 38.4 Å². The van der Waals surface area contributed by atoms with Gasteiger partial charge in [-0.1, -0.05) is 0 Å². The van der Waals surface area contributed by atoms with E-state index in [1.165, 1.54) is 11.1 Å². The Bertz CT molecular complexity index is 7000. The summed E-state index contributed by atoms with van der Waals surface area (Å²) in [5.74, 6) is -0.167. The molecule has 8 amide bonds. The number of nitrogen functional groups attached to an aromatic ring is 5. The number of anilines is 15. The smallest absolute Gasteiger partial charge is 0.231 e. The van der Waals surface area contributed by atoms with Crippen molar-refractivity contribution in [3.63, 3.8) is 0 Å². The number of benzene rings is 7. The van der Waals surface area contributed by atoms with Crippen LogP contribution in [0.15, 0.2) is 165 Å². The Labute approximate surface area is 782 Å². The van der Waals surface area contributed by atoms with Crippen LogP contribution in [0.4, 0.5) is 99.1 Å². The molecule has 694 valence electrons. The average molecular weight is 1850 g/mol. The molecule has 12 aromatic rings. The zero-order valence-corrected chi connectivity index (χ0v) is 75.0. The summed E-state index contributed by atoms with van der Waals surface area (Å²) >= 11 is 0. The van der Waals surface area contributed by atoms with E-state index in [4.69, 9.17) is 53.9 Å². The van der Waals surface area contributed by atoms with Crippen molar-refractivity contribution in [1.29, 1.82) is 15.8 Å². The summed E-state index contributed by atoms with van der Waals surface area (Å²) in [5, 5.41) is 53.8. The van der Waals surface area contributed by atoms with Crippen LogP contribution < -0.4 is 90.1 Å². The molecule has 5 aromatic heterocycles. The number of aromatic nitrogens is 5. The number of rotatable bonds is 15. The van der Waals surface area contributed by atoms with Gasteiger partial charge in [-0.2, -0.15) is 15.8 Å².